The molecule has 0 amide bonds. The van der Waals surface area contributed by atoms with Crippen LogP contribution in [0.4, 0.5) is 5.69 Å². The third-order valence-corrected chi connectivity index (χ3v) is 4.67. The molecule has 0 spiro atoms. The lowest BCUT2D eigenvalue weighted by atomic mass is 10.2. The van der Waals surface area contributed by atoms with Gasteiger partial charge in [0.2, 0.25) is 0 Å². The van der Waals surface area contributed by atoms with Crippen molar-refractivity contribution in [3.8, 4) is 0 Å². The summed E-state index contributed by atoms with van der Waals surface area (Å²) in [6.45, 7) is 0.524. The van der Waals surface area contributed by atoms with Crippen LogP contribution in [0.2, 0.25) is 5.02 Å². The summed E-state index contributed by atoms with van der Waals surface area (Å²) < 4.78 is 13.6. The zero-order valence-electron chi connectivity index (χ0n) is 11.5. The van der Waals surface area contributed by atoms with E-state index in [1.807, 2.05) is 12.1 Å². The van der Waals surface area contributed by atoms with E-state index in [1.165, 1.54) is 6.07 Å². The SMILES string of the molecule is Nc1ccc(=O)n(CCCS(=O)Cc2ccc(Cl)cc2)c1. The summed E-state index contributed by atoms with van der Waals surface area (Å²) in [5, 5.41) is 0.672. The second-order valence-electron chi connectivity index (χ2n) is 4.76. The smallest absolute Gasteiger partial charge is 0.250 e. The van der Waals surface area contributed by atoms with Crippen LogP contribution in [0.15, 0.2) is 47.4 Å². The molecular weight excluding hydrogens is 308 g/mol. The molecule has 4 nitrogen and oxygen atoms in total. The Labute approximate surface area is 131 Å². The molecule has 0 bridgehead atoms. The maximum Gasteiger partial charge on any atom is 0.250 e. The quantitative estimate of drug-likeness (QED) is 0.887. The molecule has 2 rings (SSSR count). The maximum absolute atomic E-state index is 12.0. The van der Waals surface area contributed by atoms with Gasteiger partial charge >= 0.3 is 0 Å². The third kappa shape index (κ3) is 5.02. The highest BCUT2D eigenvalue weighted by atomic mass is 35.5. The monoisotopic (exact) mass is 324 g/mol. The lowest BCUT2D eigenvalue weighted by Crippen LogP contribution is -2.20. The molecule has 21 heavy (non-hydrogen) atoms. The summed E-state index contributed by atoms with van der Waals surface area (Å²) >= 11 is 5.81. The van der Waals surface area contributed by atoms with Crippen molar-refractivity contribution < 1.29 is 4.21 Å². The highest BCUT2D eigenvalue weighted by molar-refractivity contribution is 7.84. The summed E-state index contributed by atoms with van der Waals surface area (Å²) in [7, 11) is -0.953. The Kier molecular flexibility index (Phi) is 5.59. The fourth-order valence-electron chi connectivity index (χ4n) is 1.96. The number of nitrogen functional groups attached to an aromatic ring is 1. The van der Waals surface area contributed by atoms with Crippen molar-refractivity contribution >= 4 is 28.1 Å². The summed E-state index contributed by atoms with van der Waals surface area (Å²) in [4.78, 5) is 11.6. The molecule has 1 heterocycles. The molecule has 0 aliphatic rings. The Bertz CT molecular complexity index is 683. The zero-order chi connectivity index (χ0) is 15.2. The number of nitrogens with two attached hydrogens (primary N) is 1. The molecule has 0 aliphatic carbocycles. The molecule has 0 fully saturated rings. The van der Waals surface area contributed by atoms with Crippen molar-refractivity contribution in [3.05, 3.63) is 63.5 Å². The first-order valence-corrected chi connectivity index (χ1v) is 8.46. The van der Waals surface area contributed by atoms with Gasteiger partial charge in [0.15, 0.2) is 0 Å². The number of halogens is 1. The van der Waals surface area contributed by atoms with Gasteiger partial charge < -0.3 is 10.3 Å². The second-order valence-corrected chi connectivity index (χ2v) is 6.78. The number of aryl methyl sites for hydroxylation is 1. The van der Waals surface area contributed by atoms with E-state index in [4.69, 9.17) is 17.3 Å². The molecule has 1 unspecified atom stereocenters. The Hall–Kier alpha value is -1.59. The van der Waals surface area contributed by atoms with Crippen LogP contribution in [0.1, 0.15) is 12.0 Å². The van der Waals surface area contributed by atoms with Gasteiger partial charge in [0.05, 0.1) is 0 Å². The van der Waals surface area contributed by atoms with E-state index >= 15 is 0 Å². The van der Waals surface area contributed by atoms with Gasteiger partial charge in [0.1, 0.15) is 0 Å². The van der Waals surface area contributed by atoms with Gasteiger partial charge in [0.25, 0.3) is 5.56 Å². The van der Waals surface area contributed by atoms with E-state index in [1.54, 1.807) is 29.0 Å². The van der Waals surface area contributed by atoms with Crippen LogP contribution >= 0.6 is 11.6 Å². The minimum Gasteiger partial charge on any atom is -0.398 e. The average molecular weight is 325 g/mol. The number of nitrogens with zero attached hydrogens (tertiary/aromatic N) is 1. The molecule has 2 aromatic rings. The molecule has 1 atom stereocenters. The predicted octanol–water partition coefficient (Wildman–Crippen LogP) is 2.42. The first-order chi connectivity index (χ1) is 10.0. The van der Waals surface area contributed by atoms with E-state index in [0.29, 0.717) is 35.2 Å². The Morgan fingerprint density at radius 2 is 1.86 bits per heavy atom. The van der Waals surface area contributed by atoms with Gasteiger partial charge in [-0.3, -0.25) is 9.00 Å². The van der Waals surface area contributed by atoms with E-state index in [-0.39, 0.29) is 5.56 Å². The Morgan fingerprint density at radius 1 is 1.14 bits per heavy atom. The fraction of sp³-hybridized carbons (Fsp3) is 0.267. The first-order valence-electron chi connectivity index (χ1n) is 6.60. The number of pyridine rings is 1. The van der Waals surface area contributed by atoms with Crippen molar-refractivity contribution in [3.63, 3.8) is 0 Å². The molecule has 0 saturated heterocycles. The number of hydrogen-bond donors (Lipinski definition) is 1. The van der Waals surface area contributed by atoms with Crippen LogP contribution in [0, 0.1) is 0 Å². The van der Waals surface area contributed by atoms with Crippen LogP contribution in [-0.2, 0) is 23.1 Å². The molecule has 112 valence electrons. The lowest BCUT2D eigenvalue weighted by molar-refractivity contribution is 0.644. The molecule has 0 aliphatic heterocycles. The van der Waals surface area contributed by atoms with Crippen molar-refractivity contribution in [2.45, 2.75) is 18.7 Å². The van der Waals surface area contributed by atoms with Crippen LogP contribution in [0.5, 0.6) is 0 Å². The molecule has 2 N–H and O–H groups in total. The lowest BCUT2D eigenvalue weighted by Gasteiger charge is -2.06. The number of benzene rings is 1. The summed E-state index contributed by atoms with van der Waals surface area (Å²) in [5.41, 5.74) is 7.10. The van der Waals surface area contributed by atoms with Crippen molar-refractivity contribution in [2.75, 3.05) is 11.5 Å². The number of aromatic nitrogens is 1. The molecule has 0 saturated carbocycles. The van der Waals surface area contributed by atoms with Gasteiger partial charge in [-0.2, -0.15) is 0 Å². The van der Waals surface area contributed by atoms with Crippen molar-refractivity contribution in [2.24, 2.45) is 0 Å². The highest BCUT2D eigenvalue weighted by Crippen LogP contribution is 2.11. The minimum absolute atomic E-state index is 0.0901. The van der Waals surface area contributed by atoms with Crippen molar-refractivity contribution in [1.29, 1.82) is 0 Å². The van der Waals surface area contributed by atoms with E-state index in [2.05, 4.69) is 0 Å². The molecule has 1 aromatic carbocycles. The first kappa shape index (κ1) is 15.8. The van der Waals surface area contributed by atoms with Gasteiger partial charge in [0, 0.05) is 51.8 Å². The topological polar surface area (TPSA) is 65.1 Å². The minimum atomic E-state index is -0.953. The summed E-state index contributed by atoms with van der Waals surface area (Å²) in [5.74, 6) is 1.05. The second kappa shape index (κ2) is 7.43. The standard InChI is InChI=1S/C15H17ClN2O2S/c16-13-4-2-12(3-5-13)11-21(20)9-1-8-18-10-14(17)6-7-15(18)19/h2-7,10H,1,8-9,11,17H2. The van der Waals surface area contributed by atoms with Gasteiger partial charge in [-0.05, 0) is 30.2 Å². The van der Waals surface area contributed by atoms with E-state index in [0.717, 1.165) is 5.56 Å². The molecule has 6 heteroatoms. The fourth-order valence-corrected chi connectivity index (χ4v) is 3.24. The maximum atomic E-state index is 12.0. The van der Waals surface area contributed by atoms with Gasteiger partial charge in [-0.25, -0.2) is 0 Å². The number of rotatable bonds is 6. The number of anilines is 1. The summed E-state index contributed by atoms with van der Waals surface area (Å²) in [6, 6.07) is 10.4. The molecule has 0 radical (unpaired) electrons. The van der Waals surface area contributed by atoms with Gasteiger partial charge in [-0.15, -0.1) is 0 Å². The van der Waals surface area contributed by atoms with E-state index < -0.39 is 10.8 Å². The Balaban J connectivity index is 1.83. The van der Waals surface area contributed by atoms with Crippen LogP contribution in [-0.4, -0.2) is 14.5 Å². The van der Waals surface area contributed by atoms with Crippen LogP contribution in [0.3, 0.4) is 0 Å². The largest absolute Gasteiger partial charge is 0.398 e. The normalized spacial score (nSPS) is 12.2. The zero-order valence-corrected chi connectivity index (χ0v) is 13.1. The van der Waals surface area contributed by atoms with Gasteiger partial charge in [-0.1, -0.05) is 23.7 Å². The molecular formula is C15H17ClN2O2S. The number of hydrogen-bond acceptors (Lipinski definition) is 3. The predicted molar refractivity (Wildman–Crippen MR) is 87.9 cm³/mol. The Morgan fingerprint density at radius 3 is 2.57 bits per heavy atom. The van der Waals surface area contributed by atoms with E-state index in [9.17, 15) is 9.00 Å². The highest BCUT2D eigenvalue weighted by Gasteiger charge is 2.03. The summed E-state index contributed by atoms with van der Waals surface area (Å²) in [6.07, 6.45) is 2.29. The van der Waals surface area contributed by atoms with Crippen LogP contribution in [0.25, 0.3) is 0 Å². The third-order valence-electron chi connectivity index (χ3n) is 3.02. The average Bonchev–Trinajstić information content (AvgIpc) is 2.45. The van der Waals surface area contributed by atoms with Crippen LogP contribution < -0.4 is 11.3 Å². The van der Waals surface area contributed by atoms with Crippen molar-refractivity contribution in [1.82, 2.24) is 4.57 Å². The molecule has 1 aromatic heterocycles.